The van der Waals surface area contributed by atoms with Crippen LogP contribution in [0.4, 0.5) is 5.69 Å². The summed E-state index contributed by atoms with van der Waals surface area (Å²) in [5.41, 5.74) is 2.06. The van der Waals surface area contributed by atoms with Crippen molar-refractivity contribution in [3.05, 3.63) is 62.6 Å². The number of para-hydroxylation sites is 1. The number of Topliss-reactive ketones (excluding diaryl/α,β-unsaturated/α-hetero) is 1. The number of amides is 1. The van der Waals surface area contributed by atoms with Gasteiger partial charge in [-0.05, 0) is 57.4 Å². The molecule has 8 nitrogen and oxygen atoms in total. The van der Waals surface area contributed by atoms with Gasteiger partial charge in [-0.2, -0.15) is 5.26 Å². The van der Waals surface area contributed by atoms with E-state index in [2.05, 4.69) is 10.3 Å². The van der Waals surface area contributed by atoms with Crippen molar-refractivity contribution in [1.82, 2.24) is 4.98 Å². The Hall–Kier alpha value is -3.73. The van der Waals surface area contributed by atoms with Gasteiger partial charge in [0.2, 0.25) is 0 Å². The minimum absolute atomic E-state index is 0.0147. The number of hydrogen-bond acceptors (Lipinski definition) is 6. The molecule has 0 unspecified atom stereocenters. The van der Waals surface area contributed by atoms with Crippen molar-refractivity contribution in [3.8, 4) is 6.07 Å². The number of esters is 1. The molecule has 0 spiro atoms. The second-order valence-corrected chi connectivity index (χ2v) is 6.89. The van der Waals surface area contributed by atoms with Gasteiger partial charge in [-0.15, -0.1) is 0 Å². The van der Waals surface area contributed by atoms with Crippen LogP contribution >= 0.6 is 0 Å². The number of hydrogen-bond donors (Lipinski definition) is 2. The molecular formula is C22H23N3O5. The Labute approximate surface area is 173 Å². The van der Waals surface area contributed by atoms with Crippen molar-refractivity contribution < 1.29 is 19.1 Å². The molecule has 0 aliphatic heterocycles. The highest BCUT2D eigenvalue weighted by Gasteiger charge is 2.20. The lowest BCUT2D eigenvalue weighted by atomic mass is 9.99. The second-order valence-electron chi connectivity index (χ2n) is 6.89. The molecule has 1 heterocycles. The Morgan fingerprint density at radius 1 is 1.23 bits per heavy atom. The zero-order chi connectivity index (χ0) is 22.4. The number of aryl methyl sites for hydroxylation is 1. The van der Waals surface area contributed by atoms with E-state index in [0.29, 0.717) is 28.1 Å². The molecule has 1 amide bonds. The van der Waals surface area contributed by atoms with Crippen LogP contribution in [-0.4, -0.2) is 28.7 Å². The van der Waals surface area contributed by atoms with E-state index in [-0.39, 0.29) is 24.2 Å². The molecule has 2 aromatic rings. The fourth-order valence-corrected chi connectivity index (χ4v) is 3.09. The lowest BCUT2D eigenvalue weighted by Crippen LogP contribution is -2.30. The standard InChI is InChI=1S/C22H23N3O5/c1-12-16(13(2)24-22(29)18(12)11-23)9-10-20(27)30-15(4)21(28)25-19-8-6-5-7-17(19)14(3)26/h5-8,15H,9-10H2,1-4H3,(H,24,29)(H,25,28)/t15-/m0/s1. The van der Waals surface area contributed by atoms with Gasteiger partial charge in [0.25, 0.3) is 11.5 Å². The molecule has 30 heavy (non-hydrogen) atoms. The van der Waals surface area contributed by atoms with Gasteiger partial charge in [-0.1, -0.05) is 12.1 Å². The van der Waals surface area contributed by atoms with E-state index in [9.17, 15) is 19.2 Å². The summed E-state index contributed by atoms with van der Waals surface area (Å²) in [5, 5.41) is 11.7. The summed E-state index contributed by atoms with van der Waals surface area (Å²) in [5.74, 6) is -1.35. The Morgan fingerprint density at radius 3 is 2.53 bits per heavy atom. The number of nitrogens with zero attached hydrogens (tertiary/aromatic N) is 1. The second kappa shape index (κ2) is 9.65. The molecule has 0 aliphatic carbocycles. The van der Waals surface area contributed by atoms with Crippen molar-refractivity contribution in [3.63, 3.8) is 0 Å². The fourth-order valence-electron chi connectivity index (χ4n) is 3.09. The summed E-state index contributed by atoms with van der Waals surface area (Å²) in [6.07, 6.45) is -0.839. The number of aromatic amines is 1. The quantitative estimate of drug-likeness (QED) is 0.534. The minimum Gasteiger partial charge on any atom is -0.453 e. The number of aromatic nitrogens is 1. The molecule has 156 valence electrons. The number of carbonyl (C=O) groups excluding carboxylic acids is 3. The van der Waals surface area contributed by atoms with E-state index in [4.69, 9.17) is 10.00 Å². The molecular weight excluding hydrogens is 386 g/mol. The van der Waals surface area contributed by atoms with Crippen LogP contribution in [0.25, 0.3) is 0 Å². The number of pyridine rings is 1. The Kier molecular flexibility index (Phi) is 7.26. The highest BCUT2D eigenvalue weighted by molar-refractivity contribution is 6.04. The summed E-state index contributed by atoms with van der Waals surface area (Å²) in [7, 11) is 0. The summed E-state index contributed by atoms with van der Waals surface area (Å²) in [6, 6.07) is 8.43. The van der Waals surface area contributed by atoms with E-state index in [1.165, 1.54) is 13.8 Å². The first-order chi connectivity index (χ1) is 14.1. The largest absolute Gasteiger partial charge is 0.453 e. The number of nitrogens with one attached hydrogen (secondary N) is 2. The number of benzene rings is 1. The maximum Gasteiger partial charge on any atom is 0.306 e. The minimum atomic E-state index is -1.06. The number of ether oxygens (including phenoxy) is 1. The van der Waals surface area contributed by atoms with E-state index in [1.54, 1.807) is 38.1 Å². The molecule has 8 heteroatoms. The number of nitriles is 1. The number of rotatable bonds is 7. The van der Waals surface area contributed by atoms with Gasteiger partial charge in [-0.25, -0.2) is 0 Å². The Morgan fingerprint density at radius 2 is 1.90 bits per heavy atom. The average Bonchev–Trinajstić information content (AvgIpc) is 2.68. The van der Waals surface area contributed by atoms with E-state index < -0.39 is 23.5 Å². The maximum absolute atomic E-state index is 12.4. The van der Waals surface area contributed by atoms with Crippen LogP contribution in [0.1, 0.15) is 53.0 Å². The van der Waals surface area contributed by atoms with Crippen molar-refractivity contribution in [1.29, 1.82) is 5.26 Å². The monoisotopic (exact) mass is 409 g/mol. The molecule has 1 atom stereocenters. The third-order valence-electron chi connectivity index (χ3n) is 4.74. The summed E-state index contributed by atoms with van der Waals surface area (Å²) >= 11 is 0. The lowest BCUT2D eigenvalue weighted by Gasteiger charge is -2.15. The molecule has 0 bridgehead atoms. The van der Waals surface area contributed by atoms with E-state index in [1.807, 2.05) is 6.07 Å². The highest BCUT2D eigenvalue weighted by atomic mass is 16.5. The van der Waals surface area contributed by atoms with Gasteiger partial charge in [-0.3, -0.25) is 19.2 Å². The zero-order valence-corrected chi connectivity index (χ0v) is 17.3. The van der Waals surface area contributed by atoms with E-state index >= 15 is 0 Å². The molecule has 0 fully saturated rings. The van der Waals surface area contributed by atoms with Gasteiger partial charge in [0, 0.05) is 17.7 Å². The molecule has 1 aromatic heterocycles. The molecule has 2 N–H and O–H groups in total. The van der Waals surface area contributed by atoms with Crippen LogP contribution in [0.2, 0.25) is 0 Å². The highest BCUT2D eigenvalue weighted by Crippen LogP contribution is 2.17. The first-order valence-electron chi connectivity index (χ1n) is 9.38. The molecule has 1 aromatic carbocycles. The van der Waals surface area contributed by atoms with Gasteiger partial charge < -0.3 is 15.0 Å². The fraction of sp³-hybridized carbons (Fsp3) is 0.318. The van der Waals surface area contributed by atoms with Crippen molar-refractivity contribution in [2.45, 2.75) is 46.6 Å². The van der Waals surface area contributed by atoms with Crippen molar-refractivity contribution in [2.24, 2.45) is 0 Å². The smallest absolute Gasteiger partial charge is 0.306 e. The van der Waals surface area contributed by atoms with Gasteiger partial charge in [0.15, 0.2) is 11.9 Å². The molecule has 0 radical (unpaired) electrons. The first-order valence-corrected chi connectivity index (χ1v) is 9.38. The molecule has 0 saturated carbocycles. The predicted molar refractivity (Wildman–Crippen MR) is 110 cm³/mol. The van der Waals surface area contributed by atoms with Gasteiger partial charge in [0.05, 0.1) is 5.69 Å². The number of H-pyrrole nitrogens is 1. The SMILES string of the molecule is CC(=O)c1ccccc1NC(=O)[C@H](C)OC(=O)CCc1c(C)[nH]c(=O)c(C#N)c1C. The van der Waals surface area contributed by atoms with Crippen LogP contribution in [0.5, 0.6) is 0 Å². The topological polar surface area (TPSA) is 129 Å². The third-order valence-corrected chi connectivity index (χ3v) is 4.74. The van der Waals surface area contributed by atoms with Crippen LogP contribution in [0, 0.1) is 25.2 Å². The van der Waals surface area contributed by atoms with Crippen LogP contribution < -0.4 is 10.9 Å². The Balaban J connectivity index is 2.01. The number of anilines is 1. The van der Waals surface area contributed by atoms with Gasteiger partial charge >= 0.3 is 5.97 Å². The number of ketones is 1. The lowest BCUT2D eigenvalue weighted by molar-refractivity contribution is -0.153. The normalized spacial score (nSPS) is 11.3. The summed E-state index contributed by atoms with van der Waals surface area (Å²) in [6.45, 7) is 6.18. The molecule has 0 saturated heterocycles. The van der Waals surface area contributed by atoms with Crippen LogP contribution in [-0.2, 0) is 20.7 Å². The summed E-state index contributed by atoms with van der Waals surface area (Å²) < 4.78 is 5.19. The summed E-state index contributed by atoms with van der Waals surface area (Å²) in [4.78, 5) is 50.6. The van der Waals surface area contributed by atoms with Crippen molar-refractivity contribution >= 4 is 23.3 Å². The van der Waals surface area contributed by atoms with Crippen molar-refractivity contribution in [2.75, 3.05) is 5.32 Å². The van der Waals surface area contributed by atoms with Crippen LogP contribution in [0.15, 0.2) is 29.1 Å². The maximum atomic E-state index is 12.4. The molecule has 0 aliphatic rings. The zero-order valence-electron chi connectivity index (χ0n) is 17.3. The van der Waals surface area contributed by atoms with Crippen LogP contribution in [0.3, 0.4) is 0 Å². The molecule has 2 rings (SSSR count). The first kappa shape index (κ1) is 22.6. The van der Waals surface area contributed by atoms with E-state index in [0.717, 1.165) is 0 Å². The van der Waals surface area contributed by atoms with Gasteiger partial charge in [0.1, 0.15) is 11.6 Å². The predicted octanol–water partition coefficient (Wildman–Crippen LogP) is 2.57. The third kappa shape index (κ3) is 5.20. The number of carbonyl (C=O) groups is 3. The average molecular weight is 409 g/mol. The Bertz CT molecular complexity index is 1090.